The van der Waals surface area contributed by atoms with Crippen LogP contribution in [0.2, 0.25) is 5.02 Å². The first kappa shape index (κ1) is 21.2. The zero-order valence-electron chi connectivity index (χ0n) is 15.7. The van der Waals surface area contributed by atoms with E-state index in [1.165, 1.54) is 6.07 Å². The summed E-state index contributed by atoms with van der Waals surface area (Å²) < 4.78 is 60.7. The Morgan fingerprint density at radius 2 is 1.77 bits per heavy atom. The number of hydrogen-bond donors (Lipinski definition) is 2. The first-order valence-corrected chi connectivity index (χ1v) is 9.54. The number of carbonyl (C=O) groups is 2. The van der Waals surface area contributed by atoms with Crippen LogP contribution in [0.1, 0.15) is 15.9 Å². The topological polar surface area (TPSA) is 78.9 Å². The third kappa shape index (κ3) is 4.12. The largest absolute Gasteiger partial charge is 0.486 e. The van der Waals surface area contributed by atoms with Gasteiger partial charge in [-0.25, -0.2) is 22.4 Å². The number of hydrogen-bond acceptors (Lipinski definition) is 3. The number of rotatable bonds is 4. The van der Waals surface area contributed by atoms with Gasteiger partial charge in [0.1, 0.15) is 29.1 Å². The standard InChI is InChI=1S/C20H15ClF4N2O4/c21-13-3-9(1-11-2-12(31-17(11)13)6-26-19(29)30)10-4-14(22)16(15(23)5-10)18(28)27-7-20(24,25)8-27/h1,3-5,12,26H,2,6-8H2,(H,29,30). The summed E-state index contributed by atoms with van der Waals surface area (Å²) >= 11 is 6.23. The van der Waals surface area contributed by atoms with Crippen molar-refractivity contribution in [2.24, 2.45) is 0 Å². The molecule has 164 valence electrons. The Labute approximate surface area is 178 Å². The third-order valence-electron chi connectivity index (χ3n) is 5.05. The number of benzene rings is 2. The van der Waals surface area contributed by atoms with Gasteiger partial charge in [0.15, 0.2) is 0 Å². The highest BCUT2D eigenvalue weighted by Gasteiger charge is 2.47. The van der Waals surface area contributed by atoms with Crippen molar-refractivity contribution >= 4 is 23.6 Å². The Hall–Kier alpha value is -3.01. The van der Waals surface area contributed by atoms with Gasteiger partial charge in [0.2, 0.25) is 0 Å². The molecule has 2 aliphatic heterocycles. The zero-order valence-corrected chi connectivity index (χ0v) is 16.5. The van der Waals surface area contributed by atoms with Crippen LogP contribution >= 0.6 is 11.6 Å². The Balaban J connectivity index is 1.59. The molecule has 0 radical (unpaired) electrons. The molecule has 31 heavy (non-hydrogen) atoms. The molecule has 11 heteroatoms. The quantitative estimate of drug-likeness (QED) is 0.680. The second-order valence-corrected chi connectivity index (χ2v) is 7.82. The number of nitrogens with one attached hydrogen (secondary N) is 1. The summed E-state index contributed by atoms with van der Waals surface area (Å²) in [6.07, 6.45) is -1.36. The fourth-order valence-electron chi connectivity index (χ4n) is 3.63. The molecular formula is C20H15ClF4N2O4. The molecule has 2 aliphatic rings. The summed E-state index contributed by atoms with van der Waals surface area (Å²) in [5, 5.41) is 11.1. The summed E-state index contributed by atoms with van der Waals surface area (Å²) in [7, 11) is 0. The summed E-state index contributed by atoms with van der Waals surface area (Å²) in [6.45, 7) is -1.74. The predicted molar refractivity (Wildman–Crippen MR) is 102 cm³/mol. The predicted octanol–water partition coefficient (Wildman–Crippen LogP) is 3.95. The van der Waals surface area contributed by atoms with Crippen molar-refractivity contribution in [2.45, 2.75) is 18.4 Å². The number of ether oxygens (including phenoxy) is 1. The number of carbonyl (C=O) groups excluding carboxylic acids is 1. The van der Waals surface area contributed by atoms with Crippen LogP contribution in [-0.2, 0) is 6.42 Å². The van der Waals surface area contributed by atoms with Gasteiger partial charge < -0.3 is 20.1 Å². The van der Waals surface area contributed by atoms with E-state index >= 15 is 0 Å². The highest BCUT2D eigenvalue weighted by atomic mass is 35.5. The maximum atomic E-state index is 14.6. The lowest BCUT2D eigenvalue weighted by atomic mass is 9.98. The van der Waals surface area contributed by atoms with E-state index in [0.29, 0.717) is 28.2 Å². The van der Waals surface area contributed by atoms with E-state index in [2.05, 4.69) is 5.32 Å². The van der Waals surface area contributed by atoms with Crippen LogP contribution in [0.4, 0.5) is 22.4 Å². The minimum absolute atomic E-state index is 0.0330. The summed E-state index contributed by atoms with van der Waals surface area (Å²) in [6, 6.07) is 4.91. The molecule has 1 unspecified atom stereocenters. The molecule has 4 rings (SSSR count). The number of nitrogens with zero attached hydrogens (tertiary/aromatic N) is 1. The summed E-state index contributed by atoms with van der Waals surface area (Å²) in [5.74, 6) is -6.18. The lowest BCUT2D eigenvalue weighted by Gasteiger charge is -2.38. The number of likely N-dealkylation sites (tertiary alicyclic amines) is 1. The van der Waals surface area contributed by atoms with Crippen LogP contribution in [0.25, 0.3) is 11.1 Å². The number of halogens is 5. The average molecular weight is 459 g/mol. The van der Waals surface area contributed by atoms with E-state index in [1.807, 2.05) is 0 Å². The van der Waals surface area contributed by atoms with E-state index in [9.17, 15) is 27.2 Å². The van der Waals surface area contributed by atoms with Crippen molar-refractivity contribution in [3.8, 4) is 16.9 Å². The van der Waals surface area contributed by atoms with Crippen molar-refractivity contribution < 1.29 is 37.0 Å². The van der Waals surface area contributed by atoms with Gasteiger partial charge in [-0.15, -0.1) is 0 Å². The van der Waals surface area contributed by atoms with Crippen LogP contribution < -0.4 is 10.1 Å². The van der Waals surface area contributed by atoms with Crippen LogP contribution in [0.15, 0.2) is 24.3 Å². The molecule has 1 fully saturated rings. The summed E-state index contributed by atoms with van der Waals surface area (Å²) in [5.41, 5.74) is 0.182. The number of carboxylic acid groups (broad SMARTS) is 1. The zero-order chi connectivity index (χ0) is 22.5. The minimum Gasteiger partial charge on any atom is -0.486 e. The molecule has 2 amide bonds. The third-order valence-corrected chi connectivity index (χ3v) is 5.34. The molecule has 1 atom stereocenters. The van der Waals surface area contributed by atoms with E-state index in [1.54, 1.807) is 6.07 Å². The molecule has 0 aromatic heterocycles. The molecule has 2 heterocycles. The molecular weight excluding hydrogens is 444 g/mol. The van der Waals surface area contributed by atoms with Crippen molar-refractivity contribution in [1.29, 1.82) is 0 Å². The molecule has 2 aromatic rings. The lowest BCUT2D eigenvalue weighted by Crippen LogP contribution is -2.58. The van der Waals surface area contributed by atoms with Crippen molar-refractivity contribution in [1.82, 2.24) is 10.2 Å². The number of amides is 2. The Kier molecular flexibility index (Phi) is 5.20. The molecule has 0 bridgehead atoms. The second kappa shape index (κ2) is 7.60. The fourth-order valence-corrected chi connectivity index (χ4v) is 3.91. The molecule has 2 aromatic carbocycles. The van der Waals surface area contributed by atoms with Crippen LogP contribution in [0.5, 0.6) is 5.75 Å². The molecule has 0 saturated carbocycles. The van der Waals surface area contributed by atoms with Crippen LogP contribution in [0.3, 0.4) is 0 Å². The number of fused-ring (bicyclic) bond motifs is 1. The maximum absolute atomic E-state index is 14.6. The highest BCUT2D eigenvalue weighted by Crippen LogP contribution is 2.40. The highest BCUT2D eigenvalue weighted by molar-refractivity contribution is 6.32. The van der Waals surface area contributed by atoms with Gasteiger partial charge in [0.25, 0.3) is 11.8 Å². The monoisotopic (exact) mass is 458 g/mol. The van der Waals surface area contributed by atoms with Gasteiger partial charge in [-0.05, 0) is 35.4 Å². The van der Waals surface area contributed by atoms with Gasteiger partial charge in [0, 0.05) is 12.0 Å². The average Bonchev–Trinajstić information content (AvgIpc) is 3.07. The SMILES string of the molecule is O=C(O)NCC1Cc2cc(-c3cc(F)c(C(=O)N4CC(F)(F)C4)c(F)c3)cc(Cl)c2O1. The van der Waals surface area contributed by atoms with E-state index in [0.717, 1.165) is 12.1 Å². The normalized spacial score (nSPS) is 18.7. The van der Waals surface area contributed by atoms with Crippen LogP contribution in [-0.4, -0.2) is 53.7 Å². The van der Waals surface area contributed by atoms with E-state index < -0.39 is 54.3 Å². The first-order chi connectivity index (χ1) is 14.5. The minimum atomic E-state index is -3.05. The number of alkyl halides is 2. The van der Waals surface area contributed by atoms with Gasteiger partial charge in [-0.2, -0.15) is 0 Å². The van der Waals surface area contributed by atoms with Crippen LogP contribution in [0, 0.1) is 11.6 Å². The van der Waals surface area contributed by atoms with Crippen molar-refractivity contribution in [3.63, 3.8) is 0 Å². The first-order valence-electron chi connectivity index (χ1n) is 9.16. The molecule has 0 spiro atoms. The van der Waals surface area contributed by atoms with Crippen molar-refractivity contribution in [2.75, 3.05) is 19.6 Å². The molecule has 2 N–H and O–H groups in total. The Morgan fingerprint density at radius 1 is 1.16 bits per heavy atom. The smallest absolute Gasteiger partial charge is 0.404 e. The second-order valence-electron chi connectivity index (χ2n) is 7.41. The van der Waals surface area contributed by atoms with Gasteiger partial charge in [-0.3, -0.25) is 4.79 Å². The van der Waals surface area contributed by atoms with Gasteiger partial charge in [-0.1, -0.05) is 11.6 Å². The lowest BCUT2D eigenvalue weighted by molar-refractivity contribution is -0.113. The maximum Gasteiger partial charge on any atom is 0.404 e. The van der Waals surface area contributed by atoms with Crippen molar-refractivity contribution in [3.05, 3.63) is 52.0 Å². The molecule has 6 nitrogen and oxygen atoms in total. The molecule has 0 aliphatic carbocycles. The van der Waals surface area contributed by atoms with E-state index in [4.69, 9.17) is 21.4 Å². The van der Waals surface area contributed by atoms with Gasteiger partial charge in [0.05, 0.1) is 24.7 Å². The Bertz CT molecular complexity index is 1060. The summed E-state index contributed by atoms with van der Waals surface area (Å²) in [4.78, 5) is 23.5. The van der Waals surface area contributed by atoms with E-state index in [-0.39, 0.29) is 17.1 Å². The molecule has 1 saturated heterocycles. The fraction of sp³-hybridized carbons (Fsp3) is 0.300. The van der Waals surface area contributed by atoms with Gasteiger partial charge >= 0.3 is 6.09 Å². The Morgan fingerprint density at radius 3 is 2.35 bits per heavy atom.